The highest BCUT2D eigenvalue weighted by atomic mass is 16.3. The van der Waals surface area contributed by atoms with E-state index in [1.54, 1.807) is 6.20 Å². The van der Waals surface area contributed by atoms with Crippen molar-refractivity contribution in [3.63, 3.8) is 0 Å². The molecule has 5 rings (SSSR count). The van der Waals surface area contributed by atoms with Gasteiger partial charge in [0.2, 0.25) is 5.95 Å². The lowest BCUT2D eigenvalue weighted by Gasteiger charge is -2.33. The molecule has 138 valence electrons. The van der Waals surface area contributed by atoms with E-state index in [1.165, 1.54) is 0 Å². The lowest BCUT2D eigenvalue weighted by Crippen LogP contribution is -2.36. The normalized spacial score (nSPS) is 23.1. The molecule has 1 fully saturated rings. The second-order valence-corrected chi connectivity index (χ2v) is 7.67. The molecular weight excluding hydrogens is 340 g/mol. The summed E-state index contributed by atoms with van der Waals surface area (Å²) in [5.41, 5.74) is 3.70. The van der Waals surface area contributed by atoms with Crippen LogP contribution in [0, 0.1) is 0 Å². The van der Waals surface area contributed by atoms with Gasteiger partial charge in [0.25, 0.3) is 0 Å². The molecule has 7 nitrogen and oxygen atoms in total. The van der Waals surface area contributed by atoms with Crippen molar-refractivity contribution in [2.75, 3.05) is 5.32 Å². The molecule has 0 saturated heterocycles. The fourth-order valence-electron chi connectivity index (χ4n) is 3.87. The molecule has 0 atom stereocenters. The third-order valence-corrected chi connectivity index (χ3v) is 5.52. The molecule has 4 aromatic heterocycles. The van der Waals surface area contributed by atoms with Gasteiger partial charge in [-0.15, -0.1) is 5.10 Å². The average Bonchev–Trinajstić information content (AvgIpc) is 3.29. The Kier molecular flexibility index (Phi) is 3.65. The molecule has 0 spiro atoms. The Morgan fingerprint density at radius 1 is 1.15 bits per heavy atom. The van der Waals surface area contributed by atoms with Crippen molar-refractivity contribution in [3.05, 3.63) is 49.1 Å². The summed E-state index contributed by atoms with van der Waals surface area (Å²) in [5.74, 6) is 0.627. The molecule has 0 aliphatic heterocycles. The van der Waals surface area contributed by atoms with Crippen LogP contribution < -0.4 is 5.32 Å². The molecule has 0 aromatic carbocycles. The van der Waals surface area contributed by atoms with Crippen LogP contribution in [0.4, 0.5) is 5.95 Å². The number of anilines is 1. The molecule has 1 saturated carbocycles. The Hall–Kier alpha value is -2.93. The van der Waals surface area contributed by atoms with E-state index in [0.717, 1.165) is 47.8 Å². The van der Waals surface area contributed by atoms with Crippen LogP contribution in [-0.4, -0.2) is 41.0 Å². The van der Waals surface area contributed by atoms with Crippen LogP contribution in [0.3, 0.4) is 0 Å². The van der Waals surface area contributed by atoms with Crippen molar-refractivity contribution in [2.24, 2.45) is 0 Å². The number of nitrogens with zero attached hydrogens (tertiary/aromatic N) is 5. The van der Waals surface area contributed by atoms with Gasteiger partial charge in [-0.3, -0.25) is 0 Å². The van der Waals surface area contributed by atoms with Gasteiger partial charge < -0.3 is 10.4 Å². The van der Waals surface area contributed by atoms with Crippen molar-refractivity contribution in [1.29, 1.82) is 0 Å². The smallest absolute Gasteiger partial charge is 0.241 e. The van der Waals surface area contributed by atoms with Crippen LogP contribution >= 0.6 is 0 Å². The van der Waals surface area contributed by atoms with Gasteiger partial charge in [0.15, 0.2) is 0 Å². The number of hydrogen-bond donors (Lipinski definition) is 2. The van der Waals surface area contributed by atoms with Crippen LogP contribution in [0.1, 0.15) is 32.6 Å². The van der Waals surface area contributed by atoms with Crippen molar-refractivity contribution in [3.8, 4) is 11.1 Å². The quantitative estimate of drug-likeness (QED) is 0.585. The van der Waals surface area contributed by atoms with Gasteiger partial charge in [0, 0.05) is 30.2 Å². The Bertz CT molecular complexity index is 1100. The second kappa shape index (κ2) is 6.06. The summed E-state index contributed by atoms with van der Waals surface area (Å²) in [6.45, 7) is 1.91. The highest BCUT2D eigenvalue weighted by Crippen LogP contribution is 2.29. The first-order valence-electron chi connectivity index (χ1n) is 9.35. The van der Waals surface area contributed by atoms with E-state index in [2.05, 4.69) is 38.7 Å². The van der Waals surface area contributed by atoms with E-state index in [0.29, 0.717) is 12.0 Å². The summed E-state index contributed by atoms with van der Waals surface area (Å²) in [6.07, 6.45) is 11.0. The van der Waals surface area contributed by atoms with E-state index in [9.17, 15) is 5.11 Å². The standard InChI is InChI=1S/C20H22N6O/c1-20(27)7-2-15(3-8-20)23-19-21-13-18-17(6-11-26(18)24-19)14-5-10-25-16(12-14)4-9-22-25/h4-6,9-13,15,27H,2-3,7-8H2,1H3,(H,23,24)/t15-,20-. The number of pyridine rings is 1. The van der Waals surface area contributed by atoms with E-state index in [-0.39, 0.29) is 0 Å². The fraction of sp³-hybridized carbons (Fsp3) is 0.350. The molecule has 27 heavy (non-hydrogen) atoms. The average molecular weight is 362 g/mol. The number of aliphatic hydroxyl groups is 1. The van der Waals surface area contributed by atoms with Gasteiger partial charge >= 0.3 is 0 Å². The zero-order chi connectivity index (χ0) is 18.4. The number of hydrogen-bond acceptors (Lipinski definition) is 5. The predicted molar refractivity (Wildman–Crippen MR) is 104 cm³/mol. The van der Waals surface area contributed by atoms with Crippen molar-refractivity contribution in [2.45, 2.75) is 44.2 Å². The Morgan fingerprint density at radius 2 is 1.96 bits per heavy atom. The molecular formula is C20H22N6O. The summed E-state index contributed by atoms with van der Waals surface area (Å²) in [6, 6.07) is 8.52. The first-order chi connectivity index (χ1) is 13.1. The van der Waals surface area contributed by atoms with Gasteiger partial charge in [-0.1, -0.05) is 0 Å². The van der Waals surface area contributed by atoms with Crippen molar-refractivity contribution >= 4 is 17.0 Å². The number of aromatic nitrogens is 5. The van der Waals surface area contributed by atoms with Gasteiger partial charge in [0.1, 0.15) is 0 Å². The molecule has 1 aliphatic carbocycles. The maximum atomic E-state index is 10.1. The van der Waals surface area contributed by atoms with Gasteiger partial charge in [-0.2, -0.15) is 5.10 Å². The lowest BCUT2D eigenvalue weighted by molar-refractivity contribution is 0.0195. The van der Waals surface area contributed by atoms with Crippen LogP contribution in [0.25, 0.3) is 22.2 Å². The van der Waals surface area contributed by atoms with Crippen LogP contribution in [0.2, 0.25) is 0 Å². The fourth-order valence-corrected chi connectivity index (χ4v) is 3.87. The highest BCUT2D eigenvalue weighted by molar-refractivity contribution is 5.82. The molecule has 4 aromatic rings. The Labute approximate surface area is 156 Å². The summed E-state index contributed by atoms with van der Waals surface area (Å²) in [5, 5.41) is 22.4. The van der Waals surface area contributed by atoms with E-state index in [4.69, 9.17) is 0 Å². The van der Waals surface area contributed by atoms with Crippen molar-refractivity contribution < 1.29 is 5.11 Å². The molecule has 0 radical (unpaired) electrons. The molecule has 0 unspecified atom stereocenters. The lowest BCUT2D eigenvalue weighted by atomic mass is 9.84. The minimum Gasteiger partial charge on any atom is -0.390 e. The first-order valence-corrected chi connectivity index (χ1v) is 9.35. The largest absolute Gasteiger partial charge is 0.390 e. The Balaban J connectivity index is 1.41. The van der Waals surface area contributed by atoms with Crippen LogP contribution in [0.15, 0.2) is 49.1 Å². The maximum absolute atomic E-state index is 10.1. The van der Waals surface area contributed by atoms with Crippen LogP contribution in [0.5, 0.6) is 0 Å². The van der Waals surface area contributed by atoms with Gasteiger partial charge in [-0.05, 0) is 62.4 Å². The SMILES string of the molecule is C[C@]1(O)CC[C@H](Nc2ncc3c(-c4ccn5nccc5c4)ccn3n2)CC1. The summed E-state index contributed by atoms with van der Waals surface area (Å²) in [4.78, 5) is 4.52. The monoisotopic (exact) mass is 362 g/mol. The van der Waals surface area contributed by atoms with Gasteiger partial charge in [0.05, 0.1) is 22.8 Å². The highest BCUT2D eigenvalue weighted by Gasteiger charge is 2.28. The zero-order valence-corrected chi connectivity index (χ0v) is 15.2. The third-order valence-electron chi connectivity index (χ3n) is 5.52. The third kappa shape index (κ3) is 3.04. The number of nitrogens with one attached hydrogen (secondary N) is 1. The molecule has 7 heteroatoms. The molecule has 4 heterocycles. The number of rotatable bonds is 3. The molecule has 2 N–H and O–H groups in total. The summed E-state index contributed by atoms with van der Waals surface area (Å²) < 4.78 is 3.71. The summed E-state index contributed by atoms with van der Waals surface area (Å²) >= 11 is 0. The van der Waals surface area contributed by atoms with E-state index < -0.39 is 5.60 Å². The zero-order valence-electron chi connectivity index (χ0n) is 15.2. The predicted octanol–water partition coefficient (Wildman–Crippen LogP) is 3.15. The minimum atomic E-state index is -0.533. The van der Waals surface area contributed by atoms with E-state index in [1.807, 2.05) is 40.6 Å². The molecule has 1 aliphatic rings. The topological polar surface area (TPSA) is 79.8 Å². The maximum Gasteiger partial charge on any atom is 0.241 e. The van der Waals surface area contributed by atoms with E-state index >= 15 is 0 Å². The molecule has 0 amide bonds. The van der Waals surface area contributed by atoms with Crippen molar-refractivity contribution in [1.82, 2.24) is 24.2 Å². The minimum absolute atomic E-state index is 0.307. The Morgan fingerprint density at radius 3 is 2.81 bits per heavy atom. The van der Waals surface area contributed by atoms with Gasteiger partial charge in [-0.25, -0.2) is 14.0 Å². The summed E-state index contributed by atoms with van der Waals surface area (Å²) in [7, 11) is 0. The molecule has 0 bridgehead atoms. The first kappa shape index (κ1) is 16.3. The second-order valence-electron chi connectivity index (χ2n) is 7.67. The van der Waals surface area contributed by atoms with Crippen LogP contribution in [-0.2, 0) is 0 Å². The number of fused-ring (bicyclic) bond motifs is 2.